The summed E-state index contributed by atoms with van der Waals surface area (Å²) in [5.41, 5.74) is 3.79. The fourth-order valence-electron chi connectivity index (χ4n) is 3.03. The molecule has 6 nitrogen and oxygen atoms in total. The Labute approximate surface area is 181 Å². The number of hydrogen-bond acceptors (Lipinski definition) is 2. The second-order valence-electron chi connectivity index (χ2n) is 7.07. The number of carbonyl (C=O) groups is 2. The smallest absolute Gasteiger partial charge is 0.326 e. The Bertz CT molecular complexity index is 1050. The van der Waals surface area contributed by atoms with Gasteiger partial charge in [0.25, 0.3) is 0 Å². The van der Waals surface area contributed by atoms with Gasteiger partial charge in [-0.2, -0.15) is 0 Å². The predicted octanol–water partition coefficient (Wildman–Crippen LogP) is 5.30. The van der Waals surface area contributed by atoms with Crippen molar-refractivity contribution in [2.24, 2.45) is 0 Å². The third-order valence-corrected chi connectivity index (χ3v) is 4.78. The van der Waals surface area contributed by atoms with Crippen LogP contribution in [-0.2, 0) is 0 Å². The highest BCUT2D eigenvalue weighted by Gasteiger charge is 2.17. The summed E-state index contributed by atoms with van der Waals surface area (Å²) in [6.45, 7) is 4.21. The maximum absolute atomic E-state index is 13.4. The Morgan fingerprint density at radius 3 is 1.94 bits per heavy atom. The van der Waals surface area contributed by atoms with Gasteiger partial charge in [0.1, 0.15) is 5.82 Å². The first-order valence-electron chi connectivity index (χ1n) is 9.94. The van der Waals surface area contributed by atoms with Crippen LogP contribution in [0, 0.1) is 19.7 Å². The summed E-state index contributed by atoms with van der Waals surface area (Å²) in [6, 6.07) is 19.8. The summed E-state index contributed by atoms with van der Waals surface area (Å²) >= 11 is 0. The molecule has 3 aromatic rings. The van der Waals surface area contributed by atoms with Crippen LogP contribution in [0.1, 0.15) is 11.1 Å². The highest BCUT2D eigenvalue weighted by atomic mass is 19.1. The third-order valence-electron chi connectivity index (χ3n) is 4.78. The van der Waals surface area contributed by atoms with Crippen molar-refractivity contribution in [2.75, 3.05) is 28.6 Å². The second kappa shape index (κ2) is 10.2. The lowest BCUT2D eigenvalue weighted by Gasteiger charge is -2.24. The van der Waals surface area contributed by atoms with Crippen LogP contribution in [0.5, 0.6) is 0 Å². The van der Waals surface area contributed by atoms with Gasteiger partial charge in [0.05, 0.1) is 0 Å². The van der Waals surface area contributed by atoms with Gasteiger partial charge in [0.2, 0.25) is 0 Å². The largest absolute Gasteiger partial charge is 0.336 e. The first kappa shape index (κ1) is 21.8. The Morgan fingerprint density at radius 1 is 0.806 bits per heavy atom. The van der Waals surface area contributed by atoms with Crippen molar-refractivity contribution in [1.29, 1.82) is 0 Å². The summed E-state index contributed by atoms with van der Waals surface area (Å²) in [6.07, 6.45) is 0. The van der Waals surface area contributed by atoms with E-state index < -0.39 is 5.82 Å². The molecule has 0 radical (unpaired) electrons. The molecule has 160 valence electrons. The van der Waals surface area contributed by atoms with Crippen LogP contribution in [-0.4, -0.2) is 25.2 Å². The van der Waals surface area contributed by atoms with E-state index in [1.165, 1.54) is 29.2 Å². The molecular weight excluding hydrogens is 395 g/mol. The third kappa shape index (κ3) is 6.05. The zero-order valence-corrected chi connectivity index (χ0v) is 17.5. The van der Waals surface area contributed by atoms with Gasteiger partial charge < -0.3 is 16.0 Å². The van der Waals surface area contributed by atoms with Gasteiger partial charge in [-0.1, -0.05) is 36.4 Å². The highest BCUT2D eigenvalue weighted by molar-refractivity contribution is 6.02. The van der Waals surface area contributed by atoms with E-state index in [2.05, 4.69) is 16.0 Å². The van der Waals surface area contributed by atoms with Gasteiger partial charge >= 0.3 is 12.1 Å². The fraction of sp³-hybridized carbons (Fsp3) is 0.167. The lowest BCUT2D eigenvalue weighted by atomic mass is 10.2. The summed E-state index contributed by atoms with van der Waals surface area (Å²) < 4.78 is 13.4. The molecule has 0 spiro atoms. The number of hydrogen-bond donors (Lipinski definition) is 3. The Morgan fingerprint density at radius 2 is 1.35 bits per heavy atom. The molecule has 7 heteroatoms. The molecule has 4 amide bonds. The van der Waals surface area contributed by atoms with Gasteiger partial charge in [-0.05, 0) is 61.4 Å². The first-order chi connectivity index (χ1) is 14.9. The molecule has 31 heavy (non-hydrogen) atoms. The van der Waals surface area contributed by atoms with E-state index in [0.29, 0.717) is 17.1 Å². The van der Waals surface area contributed by atoms with Crippen LogP contribution in [0.2, 0.25) is 0 Å². The van der Waals surface area contributed by atoms with Crippen LogP contribution in [0.25, 0.3) is 0 Å². The molecule has 0 bridgehead atoms. The zero-order valence-electron chi connectivity index (χ0n) is 17.5. The van der Waals surface area contributed by atoms with Crippen molar-refractivity contribution in [3.05, 3.63) is 89.7 Å². The summed E-state index contributed by atoms with van der Waals surface area (Å²) in [7, 11) is 0. The molecule has 0 aromatic heterocycles. The number of para-hydroxylation sites is 2. The Balaban J connectivity index is 1.66. The van der Waals surface area contributed by atoms with Crippen molar-refractivity contribution in [1.82, 2.24) is 5.32 Å². The highest BCUT2D eigenvalue weighted by Crippen LogP contribution is 2.19. The maximum Gasteiger partial charge on any atom is 0.326 e. The van der Waals surface area contributed by atoms with E-state index in [4.69, 9.17) is 0 Å². The molecule has 3 aromatic carbocycles. The topological polar surface area (TPSA) is 73.5 Å². The summed E-state index contributed by atoms with van der Waals surface area (Å²) in [4.78, 5) is 26.7. The molecule has 0 saturated heterocycles. The standard InChI is InChI=1S/C24H25FN4O2/c1-17-7-3-5-9-21(17)27-23(30)26-15-16-29(20-13-11-19(25)12-14-20)24(31)28-22-10-6-4-8-18(22)2/h3-14H,15-16H2,1-2H3,(H,28,31)(H2,26,27,30). The number of nitrogens with zero attached hydrogens (tertiary/aromatic N) is 1. The van der Waals surface area contributed by atoms with E-state index >= 15 is 0 Å². The van der Waals surface area contributed by atoms with Crippen molar-refractivity contribution in [3.63, 3.8) is 0 Å². The van der Waals surface area contributed by atoms with Crippen LogP contribution in [0.3, 0.4) is 0 Å². The van der Waals surface area contributed by atoms with Crippen molar-refractivity contribution < 1.29 is 14.0 Å². The van der Waals surface area contributed by atoms with Crippen LogP contribution >= 0.6 is 0 Å². The SMILES string of the molecule is Cc1ccccc1NC(=O)NCCN(C(=O)Nc1ccccc1C)c1ccc(F)cc1. The van der Waals surface area contributed by atoms with Crippen molar-refractivity contribution in [2.45, 2.75) is 13.8 Å². The minimum absolute atomic E-state index is 0.199. The number of anilines is 3. The number of benzene rings is 3. The average Bonchev–Trinajstić information content (AvgIpc) is 2.75. The monoisotopic (exact) mass is 420 g/mol. The first-order valence-corrected chi connectivity index (χ1v) is 9.94. The van der Waals surface area contributed by atoms with Gasteiger partial charge in [0, 0.05) is 30.2 Å². The molecule has 0 atom stereocenters. The lowest BCUT2D eigenvalue weighted by Crippen LogP contribution is -2.42. The maximum atomic E-state index is 13.4. The number of halogens is 1. The van der Waals surface area contributed by atoms with E-state index in [1.54, 1.807) is 0 Å². The van der Waals surface area contributed by atoms with E-state index in [0.717, 1.165) is 11.1 Å². The summed E-state index contributed by atoms with van der Waals surface area (Å²) in [5.74, 6) is -0.390. The molecule has 0 heterocycles. The Hall–Kier alpha value is -3.87. The number of nitrogens with one attached hydrogen (secondary N) is 3. The second-order valence-corrected chi connectivity index (χ2v) is 7.07. The van der Waals surface area contributed by atoms with Crippen LogP contribution in [0.15, 0.2) is 72.8 Å². The van der Waals surface area contributed by atoms with Crippen LogP contribution in [0.4, 0.5) is 31.0 Å². The molecule has 0 unspecified atom stereocenters. The van der Waals surface area contributed by atoms with Crippen molar-refractivity contribution in [3.8, 4) is 0 Å². The number of amides is 4. The fourth-order valence-corrected chi connectivity index (χ4v) is 3.03. The minimum atomic E-state index is -0.390. The lowest BCUT2D eigenvalue weighted by molar-refractivity contribution is 0.250. The quantitative estimate of drug-likeness (QED) is 0.506. The van der Waals surface area contributed by atoms with Gasteiger partial charge in [-0.15, -0.1) is 0 Å². The Kier molecular flexibility index (Phi) is 7.22. The number of urea groups is 2. The molecule has 0 aliphatic rings. The minimum Gasteiger partial charge on any atom is -0.336 e. The van der Waals surface area contributed by atoms with Gasteiger partial charge in [-0.25, -0.2) is 14.0 Å². The number of rotatable bonds is 6. The van der Waals surface area contributed by atoms with Crippen LogP contribution < -0.4 is 20.9 Å². The molecule has 0 fully saturated rings. The van der Waals surface area contributed by atoms with E-state index in [1.807, 2.05) is 62.4 Å². The molecule has 3 N–H and O–H groups in total. The zero-order chi connectivity index (χ0) is 22.2. The molecule has 3 rings (SSSR count). The normalized spacial score (nSPS) is 10.3. The van der Waals surface area contributed by atoms with E-state index in [9.17, 15) is 14.0 Å². The molecular formula is C24H25FN4O2. The summed E-state index contributed by atoms with van der Waals surface area (Å²) in [5, 5.41) is 8.42. The molecule has 0 aliphatic carbocycles. The van der Waals surface area contributed by atoms with Crippen molar-refractivity contribution >= 4 is 29.1 Å². The average molecular weight is 420 g/mol. The molecule has 0 saturated carbocycles. The van der Waals surface area contributed by atoms with Gasteiger partial charge in [-0.3, -0.25) is 4.90 Å². The predicted molar refractivity (Wildman–Crippen MR) is 122 cm³/mol. The van der Waals surface area contributed by atoms with E-state index in [-0.39, 0.29) is 25.2 Å². The molecule has 0 aliphatic heterocycles. The number of carbonyl (C=O) groups excluding carboxylic acids is 2. The van der Waals surface area contributed by atoms with Gasteiger partial charge in [0.15, 0.2) is 0 Å². The number of aryl methyl sites for hydroxylation is 2.